The van der Waals surface area contributed by atoms with Gasteiger partial charge in [0.2, 0.25) is 5.83 Å². The molecule has 1 atom stereocenters. The largest absolute Gasteiger partial charge is 0.364 e. The van der Waals surface area contributed by atoms with E-state index < -0.39 is 35.0 Å². The average molecular weight is 476 g/mol. The summed E-state index contributed by atoms with van der Waals surface area (Å²) in [4.78, 5) is 4.07. The second kappa shape index (κ2) is 8.19. The van der Waals surface area contributed by atoms with E-state index in [1.165, 1.54) is 18.4 Å². The summed E-state index contributed by atoms with van der Waals surface area (Å²) in [6.45, 7) is 1.35. The van der Waals surface area contributed by atoms with Crippen LogP contribution in [0.1, 0.15) is 27.5 Å². The average Bonchev–Trinajstić information content (AvgIpc) is 3.21. The Labute approximate surface area is 189 Å². The molecule has 3 aromatic rings. The molecule has 1 aliphatic rings. The molecule has 2 nitrogen and oxygen atoms in total. The number of nitriles is 1. The Morgan fingerprint density at radius 1 is 1.03 bits per heavy atom. The Bertz CT molecular complexity index is 1300. The van der Waals surface area contributed by atoms with E-state index in [9.17, 15) is 31.6 Å². The molecule has 4 rings (SSSR count). The molecule has 2 heterocycles. The number of pyridine rings is 1. The molecule has 0 N–H and O–H groups in total. The standard InChI is InChI=1S/C24H14F6N2S/c1-13-19(20-21(25)22(26)24(29,30)23(20,27)28)18(12-33-13)10-17(11-31)15-4-2-14(3-5-15)16-6-8-32-9-7-16/h2-10,12,20H,1H3. The number of hydrogen-bond donors (Lipinski definition) is 0. The van der Waals surface area contributed by atoms with Crippen LogP contribution in [0.25, 0.3) is 22.8 Å². The van der Waals surface area contributed by atoms with Crippen LogP contribution in [0.15, 0.2) is 65.8 Å². The lowest BCUT2D eigenvalue weighted by Gasteiger charge is -2.25. The van der Waals surface area contributed by atoms with Crippen molar-refractivity contribution in [3.05, 3.63) is 87.4 Å². The van der Waals surface area contributed by atoms with E-state index in [1.54, 1.807) is 48.8 Å². The molecule has 0 bridgehead atoms. The predicted molar refractivity (Wildman–Crippen MR) is 114 cm³/mol. The minimum atomic E-state index is -5.25. The van der Waals surface area contributed by atoms with E-state index in [-0.39, 0.29) is 16.0 Å². The third-order valence-electron chi connectivity index (χ3n) is 5.49. The maximum atomic E-state index is 14.4. The number of allylic oxidation sites excluding steroid dienone is 3. The first-order valence-corrected chi connectivity index (χ1v) is 10.5. The molecule has 1 aliphatic carbocycles. The fourth-order valence-electron chi connectivity index (χ4n) is 3.76. The minimum absolute atomic E-state index is 0.0439. The zero-order valence-corrected chi connectivity index (χ0v) is 17.7. The summed E-state index contributed by atoms with van der Waals surface area (Å²) in [5.74, 6) is -18.0. The highest BCUT2D eigenvalue weighted by molar-refractivity contribution is 7.10. The van der Waals surface area contributed by atoms with Crippen LogP contribution in [0.3, 0.4) is 0 Å². The lowest BCUT2D eigenvalue weighted by Crippen LogP contribution is -2.40. The van der Waals surface area contributed by atoms with Crippen molar-refractivity contribution >= 4 is 23.0 Å². The molecular weight excluding hydrogens is 462 g/mol. The number of halogens is 6. The second-order valence-electron chi connectivity index (χ2n) is 7.44. The van der Waals surface area contributed by atoms with Crippen molar-refractivity contribution in [3.8, 4) is 17.2 Å². The van der Waals surface area contributed by atoms with Gasteiger partial charge in [-0.25, -0.2) is 8.78 Å². The Hall–Kier alpha value is -3.38. The summed E-state index contributed by atoms with van der Waals surface area (Å²) in [6.07, 6.45) is 4.48. The topological polar surface area (TPSA) is 36.7 Å². The van der Waals surface area contributed by atoms with Crippen molar-refractivity contribution in [1.82, 2.24) is 4.98 Å². The quantitative estimate of drug-likeness (QED) is 0.286. The van der Waals surface area contributed by atoms with E-state index in [0.29, 0.717) is 5.56 Å². The van der Waals surface area contributed by atoms with Gasteiger partial charge in [-0.05, 0) is 58.3 Å². The maximum Gasteiger partial charge on any atom is 0.364 e. The highest BCUT2D eigenvalue weighted by atomic mass is 32.1. The number of aromatic nitrogens is 1. The fraction of sp³-hybridized carbons (Fsp3) is 0.167. The summed E-state index contributed by atoms with van der Waals surface area (Å²) in [6, 6.07) is 12.3. The number of nitrogens with zero attached hydrogens (tertiary/aromatic N) is 2. The van der Waals surface area contributed by atoms with Gasteiger partial charge in [0, 0.05) is 17.3 Å². The van der Waals surface area contributed by atoms with Crippen LogP contribution in [0.2, 0.25) is 0 Å². The third kappa shape index (κ3) is 3.64. The van der Waals surface area contributed by atoms with Crippen molar-refractivity contribution in [2.24, 2.45) is 0 Å². The highest BCUT2D eigenvalue weighted by Crippen LogP contribution is 2.60. The molecule has 9 heteroatoms. The van der Waals surface area contributed by atoms with E-state index in [2.05, 4.69) is 4.98 Å². The van der Waals surface area contributed by atoms with Crippen LogP contribution in [0.5, 0.6) is 0 Å². The molecule has 1 aromatic carbocycles. The maximum absolute atomic E-state index is 14.4. The molecule has 2 aromatic heterocycles. The molecule has 1 unspecified atom stereocenters. The molecule has 33 heavy (non-hydrogen) atoms. The molecule has 168 valence electrons. The first kappa shape index (κ1) is 22.8. The van der Waals surface area contributed by atoms with Gasteiger partial charge in [0.25, 0.3) is 0 Å². The molecule has 0 spiro atoms. The minimum Gasteiger partial charge on any atom is -0.265 e. The SMILES string of the molecule is Cc1scc(C=C(C#N)c2ccc(-c3ccncc3)cc2)c1C1C(F)=C(F)C(F)(F)C1(F)F. The van der Waals surface area contributed by atoms with Crippen LogP contribution in [0, 0.1) is 18.3 Å². The van der Waals surface area contributed by atoms with Gasteiger partial charge in [-0.15, -0.1) is 11.3 Å². The Morgan fingerprint density at radius 2 is 1.64 bits per heavy atom. The van der Waals surface area contributed by atoms with Crippen LogP contribution in [-0.2, 0) is 0 Å². The Kier molecular flexibility index (Phi) is 5.66. The molecule has 0 amide bonds. The van der Waals surface area contributed by atoms with E-state index >= 15 is 0 Å². The Morgan fingerprint density at radius 3 is 2.18 bits per heavy atom. The van der Waals surface area contributed by atoms with Gasteiger partial charge in [-0.1, -0.05) is 24.3 Å². The van der Waals surface area contributed by atoms with Gasteiger partial charge >= 0.3 is 11.8 Å². The van der Waals surface area contributed by atoms with Gasteiger partial charge < -0.3 is 0 Å². The molecule has 0 saturated heterocycles. The first-order valence-electron chi connectivity index (χ1n) is 9.61. The first-order chi connectivity index (χ1) is 15.6. The number of aryl methyl sites for hydroxylation is 1. The van der Waals surface area contributed by atoms with Crippen molar-refractivity contribution < 1.29 is 26.3 Å². The zero-order chi connectivity index (χ0) is 24.0. The number of hydrogen-bond acceptors (Lipinski definition) is 3. The highest BCUT2D eigenvalue weighted by Gasteiger charge is 2.72. The normalized spacial score (nSPS) is 19.6. The third-order valence-corrected chi connectivity index (χ3v) is 6.44. The number of benzene rings is 1. The van der Waals surface area contributed by atoms with Crippen molar-refractivity contribution in [2.45, 2.75) is 24.7 Å². The number of rotatable bonds is 4. The summed E-state index contributed by atoms with van der Waals surface area (Å²) in [5.41, 5.74) is 1.72. The molecular formula is C24H14F6N2S. The summed E-state index contributed by atoms with van der Waals surface area (Å²) in [5, 5.41) is 11.0. The van der Waals surface area contributed by atoms with Crippen molar-refractivity contribution in [3.63, 3.8) is 0 Å². The van der Waals surface area contributed by atoms with Gasteiger partial charge in [-0.2, -0.15) is 22.8 Å². The monoisotopic (exact) mass is 476 g/mol. The van der Waals surface area contributed by atoms with Gasteiger partial charge in [0.15, 0.2) is 5.83 Å². The smallest absolute Gasteiger partial charge is 0.265 e. The van der Waals surface area contributed by atoms with Crippen LogP contribution in [0.4, 0.5) is 26.3 Å². The van der Waals surface area contributed by atoms with E-state index in [0.717, 1.165) is 22.5 Å². The number of alkyl halides is 4. The van der Waals surface area contributed by atoms with Gasteiger partial charge in [-0.3, -0.25) is 4.98 Å². The lowest BCUT2D eigenvalue weighted by atomic mass is 9.90. The summed E-state index contributed by atoms with van der Waals surface area (Å²) >= 11 is 0.920. The lowest BCUT2D eigenvalue weighted by molar-refractivity contribution is -0.189. The van der Waals surface area contributed by atoms with Crippen molar-refractivity contribution in [1.29, 1.82) is 5.26 Å². The van der Waals surface area contributed by atoms with Gasteiger partial charge in [0.1, 0.15) is 5.92 Å². The van der Waals surface area contributed by atoms with Crippen molar-refractivity contribution in [2.75, 3.05) is 0 Å². The van der Waals surface area contributed by atoms with Crippen LogP contribution in [-0.4, -0.2) is 16.8 Å². The van der Waals surface area contributed by atoms with E-state index in [1.807, 2.05) is 6.07 Å². The van der Waals surface area contributed by atoms with Gasteiger partial charge in [0.05, 0.1) is 11.6 Å². The molecule has 0 fully saturated rings. The predicted octanol–water partition coefficient (Wildman–Crippen LogP) is 7.70. The van der Waals surface area contributed by atoms with Crippen LogP contribution >= 0.6 is 11.3 Å². The molecule has 0 radical (unpaired) electrons. The molecule has 0 aliphatic heterocycles. The van der Waals surface area contributed by atoms with E-state index in [4.69, 9.17) is 0 Å². The summed E-state index contributed by atoms with van der Waals surface area (Å²) in [7, 11) is 0. The molecule has 0 saturated carbocycles. The summed E-state index contributed by atoms with van der Waals surface area (Å²) < 4.78 is 84.3. The second-order valence-corrected chi connectivity index (χ2v) is 8.52. The Balaban J connectivity index is 1.76. The fourth-order valence-corrected chi connectivity index (χ4v) is 4.62. The van der Waals surface area contributed by atoms with Crippen LogP contribution < -0.4 is 0 Å². The number of thiophene rings is 1. The zero-order valence-electron chi connectivity index (χ0n) is 16.9.